The summed E-state index contributed by atoms with van der Waals surface area (Å²) >= 11 is 0. The molecule has 192 valence electrons. The van der Waals surface area contributed by atoms with Gasteiger partial charge in [-0.25, -0.2) is 0 Å². The molecule has 0 heterocycles. The van der Waals surface area contributed by atoms with Crippen LogP contribution in [-0.4, -0.2) is 30.5 Å². The van der Waals surface area contributed by atoms with Crippen molar-refractivity contribution in [1.29, 1.82) is 0 Å². The van der Waals surface area contributed by atoms with Crippen LogP contribution in [0, 0.1) is 0 Å². The molecule has 0 aromatic rings. The van der Waals surface area contributed by atoms with Crippen molar-refractivity contribution in [2.24, 2.45) is 0 Å². The summed E-state index contributed by atoms with van der Waals surface area (Å²) in [5.74, 6) is -0.902. The summed E-state index contributed by atoms with van der Waals surface area (Å²) in [6.07, 6.45) is 29.6. The Hall–Kier alpha value is 0.0274. The standard InChI is InChI=1S/C29H59NO2.Li/c1-3-5-7-9-11-13-15-17-19-22-26-30(28-24-21-25-29(31)32)27-23-20-18-16-14-12-10-8-6-4-2;/h3-28H2,1-2H3,(H,31,32);/q;+1/p-1. The van der Waals surface area contributed by atoms with Gasteiger partial charge in [0, 0.05) is 5.97 Å². The van der Waals surface area contributed by atoms with E-state index in [0.29, 0.717) is 0 Å². The number of hydrogen-bond donors (Lipinski definition) is 0. The van der Waals surface area contributed by atoms with Gasteiger partial charge in [-0.15, -0.1) is 0 Å². The third kappa shape index (κ3) is 30.0. The van der Waals surface area contributed by atoms with Crippen LogP contribution >= 0.6 is 0 Å². The molecule has 0 saturated carbocycles. The van der Waals surface area contributed by atoms with Gasteiger partial charge < -0.3 is 14.8 Å². The summed E-state index contributed by atoms with van der Waals surface area (Å²) in [7, 11) is 0. The molecule has 3 nitrogen and oxygen atoms in total. The molecule has 0 spiro atoms. The zero-order valence-corrected chi connectivity index (χ0v) is 23.1. The van der Waals surface area contributed by atoms with Crippen LogP contribution in [0.15, 0.2) is 0 Å². The van der Waals surface area contributed by atoms with E-state index in [2.05, 4.69) is 18.7 Å². The summed E-state index contributed by atoms with van der Waals surface area (Å²) in [4.78, 5) is 13.3. The van der Waals surface area contributed by atoms with E-state index in [-0.39, 0.29) is 25.3 Å². The minimum Gasteiger partial charge on any atom is -0.550 e. The molecular weight excluding hydrogens is 401 g/mol. The van der Waals surface area contributed by atoms with Crippen LogP contribution < -0.4 is 24.0 Å². The Morgan fingerprint density at radius 2 is 0.758 bits per heavy atom. The molecule has 0 unspecified atom stereocenters. The van der Waals surface area contributed by atoms with Gasteiger partial charge in [0.1, 0.15) is 0 Å². The molecular formula is C29H58LiNO2. The van der Waals surface area contributed by atoms with Crippen molar-refractivity contribution in [3.63, 3.8) is 0 Å². The van der Waals surface area contributed by atoms with Crippen LogP contribution in [0.25, 0.3) is 0 Å². The Bertz CT molecular complexity index is 355. The fourth-order valence-electron chi connectivity index (χ4n) is 4.59. The molecule has 0 aliphatic rings. The van der Waals surface area contributed by atoms with Crippen LogP contribution in [0.4, 0.5) is 0 Å². The Balaban J connectivity index is 0. The number of unbranched alkanes of at least 4 members (excludes halogenated alkanes) is 19. The maximum Gasteiger partial charge on any atom is 1.00 e. The molecule has 0 aromatic heterocycles. The predicted molar refractivity (Wildman–Crippen MR) is 139 cm³/mol. The minimum atomic E-state index is -0.902. The molecule has 0 aromatic carbocycles. The minimum absolute atomic E-state index is 0. The second kappa shape index (κ2) is 30.1. The normalized spacial score (nSPS) is 11.1. The van der Waals surface area contributed by atoms with Crippen molar-refractivity contribution in [1.82, 2.24) is 4.90 Å². The molecule has 0 atom stereocenters. The Morgan fingerprint density at radius 1 is 0.485 bits per heavy atom. The van der Waals surface area contributed by atoms with Gasteiger partial charge in [0.15, 0.2) is 0 Å². The number of carboxylic acid groups (broad SMARTS) is 1. The number of hydrogen-bond acceptors (Lipinski definition) is 3. The number of carbonyl (C=O) groups excluding carboxylic acids is 1. The molecule has 0 amide bonds. The molecule has 0 radical (unpaired) electrons. The Kier molecular flexibility index (Phi) is 32.1. The molecule has 0 aliphatic carbocycles. The van der Waals surface area contributed by atoms with Gasteiger partial charge >= 0.3 is 18.9 Å². The van der Waals surface area contributed by atoms with E-state index in [1.165, 1.54) is 142 Å². The van der Waals surface area contributed by atoms with Crippen molar-refractivity contribution >= 4 is 5.97 Å². The first-order chi connectivity index (χ1) is 15.7. The third-order valence-electron chi connectivity index (χ3n) is 6.76. The first kappa shape index (κ1) is 35.2. The smallest absolute Gasteiger partial charge is 0.550 e. The molecule has 0 N–H and O–H groups in total. The quantitative estimate of drug-likeness (QED) is 0.127. The fraction of sp³-hybridized carbons (Fsp3) is 0.966. The van der Waals surface area contributed by atoms with Gasteiger partial charge in [-0.3, -0.25) is 0 Å². The second-order valence-corrected chi connectivity index (χ2v) is 10.0. The predicted octanol–water partition coefficient (Wildman–Crippen LogP) is 5.05. The van der Waals surface area contributed by atoms with E-state index >= 15 is 0 Å². The average molecular weight is 460 g/mol. The SMILES string of the molecule is CCCCCCCCCCCCN(CCCCCCCCCCCC)CCCCC(=O)[O-].[Li+]. The van der Waals surface area contributed by atoms with Gasteiger partial charge in [-0.2, -0.15) is 0 Å². The molecule has 0 rings (SSSR count). The van der Waals surface area contributed by atoms with Crippen LogP contribution in [0.1, 0.15) is 162 Å². The van der Waals surface area contributed by atoms with E-state index < -0.39 is 5.97 Å². The molecule has 0 fully saturated rings. The van der Waals surface area contributed by atoms with E-state index in [0.717, 1.165) is 19.4 Å². The molecule has 33 heavy (non-hydrogen) atoms. The van der Waals surface area contributed by atoms with Gasteiger partial charge in [0.05, 0.1) is 0 Å². The third-order valence-corrected chi connectivity index (χ3v) is 6.76. The van der Waals surface area contributed by atoms with Gasteiger partial charge in [0.2, 0.25) is 0 Å². The first-order valence-electron chi connectivity index (χ1n) is 14.6. The summed E-state index contributed by atoms with van der Waals surface area (Å²) in [6, 6.07) is 0. The summed E-state index contributed by atoms with van der Waals surface area (Å²) in [5.41, 5.74) is 0. The van der Waals surface area contributed by atoms with E-state index in [4.69, 9.17) is 0 Å². The van der Waals surface area contributed by atoms with Crippen LogP contribution in [0.2, 0.25) is 0 Å². The number of carbonyl (C=O) groups is 1. The van der Waals surface area contributed by atoms with E-state index in [1.807, 2.05) is 0 Å². The Labute approximate surface area is 220 Å². The van der Waals surface area contributed by atoms with Gasteiger partial charge in [-0.05, 0) is 51.7 Å². The van der Waals surface area contributed by atoms with E-state index in [9.17, 15) is 9.90 Å². The maximum atomic E-state index is 10.7. The summed E-state index contributed by atoms with van der Waals surface area (Å²) in [6.45, 7) is 8.01. The van der Waals surface area contributed by atoms with Crippen LogP contribution in [0.5, 0.6) is 0 Å². The maximum absolute atomic E-state index is 10.7. The van der Waals surface area contributed by atoms with Gasteiger partial charge in [0.25, 0.3) is 0 Å². The van der Waals surface area contributed by atoms with Crippen molar-refractivity contribution in [3.05, 3.63) is 0 Å². The zero-order chi connectivity index (χ0) is 23.5. The van der Waals surface area contributed by atoms with Crippen molar-refractivity contribution < 1.29 is 28.8 Å². The van der Waals surface area contributed by atoms with Crippen LogP contribution in [-0.2, 0) is 4.79 Å². The van der Waals surface area contributed by atoms with Crippen molar-refractivity contribution in [2.45, 2.75) is 162 Å². The molecule has 0 bridgehead atoms. The molecule has 4 heteroatoms. The number of rotatable bonds is 27. The number of aliphatic carboxylic acids is 1. The number of carboxylic acids is 1. The fourth-order valence-corrected chi connectivity index (χ4v) is 4.59. The van der Waals surface area contributed by atoms with E-state index in [1.54, 1.807) is 0 Å². The zero-order valence-electron chi connectivity index (χ0n) is 23.1. The first-order valence-corrected chi connectivity index (χ1v) is 14.6. The molecule has 0 saturated heterocycles. The second-order valence-electron chi connectivity index (χ2n) is 10.0. The molecule has 0 aliphatic heterocycles. The monoisotopic (exact) mass is 459 g/mol. The Morgan fingerprint density at radius 3 is 1.06 bits per heavy atom. The largest absolute Gasteiger partial charge is 1.00 e. The summed E-state index contributed by atoms with van der Waals surface area (Å²) < 4.78 is 0. The van der Waals surface area contributed by atoms with Crippen molar-refractivity contribution in [3.8, 4) is 0 Å². The van der Waals surface area contributed by atoms with Crippen molar-refractivity contribution in [2.75, 3.05) is 19.6 Å². The average Bonchev–Trinajstić information content (AvgIpc) is 2.78. The number of nitrogens with zero attached hydrogens (tertiary/aromatic N) is 1. The summed E-state index contributed by atoms with van der Waals surface area (Å²) in [5, 5.41) is 10.7. The topological polar surface area (TPSA) is 43.4 Å². The van der Waals surface area contributed by atoms with Crippen LogP contribution in [0.3, 0.4) is 0 Å². The van der Waals surface area contributed by atoms with Gasteiger partial charge in [-0.1, -0.05) is 129 Å².